The number of rotatable bonds is 3. The fraction of sp³-hybridized carbons (Fsp3) is 0.364. The zero-order chi connectivity index (χ0) is 20.9. The summed E-state index contributed by atoms with van der Waals surface area (Å²) in [7, 11) is 0. The van der Waals surface area contributed by atoms with Gasteiger partial charge in [-0.15, -0.1) is 11.8 Å². The number of nitrogens with zero attached hydrogens (tertiary/aromatic N) is 3. The van der Waals surface area contributed by atoms with Crippen LogP contribution in [-0.4, -0.2) is 55.4 Å². The number of carbonyl (C=O) groups excluding carboxylic acids is 2. The summed E-state index contributed by atoms with van der Waals surface area (Å²) in [5.74, 6) is 0.0794. The highest BCUT2D eigenvalue weighted by molar-refractivity contribution is 8.02. The molecule has 8 heteroatoms. The average Bonchev–Trinajstić information content (AvgIpc) is 3.22. The Balaban J connectivity index is 1.60. The molecule has 2 saturated heterocycles. The summed E-state index contributed by atoms with van der Waals surface area (Å²) in [6.07, 6.45) is 0. The fourth-order valence-corrected chi connectivity index (χ4v) is 5.89. The van der Waals surface area contributed by atoms with Crippen molar-refractivity contribution in [3.8, 4) is 0 Å². The summed E-state index contributed by atoms with van der Waals surface area (Å²) in [6, 6.07) is 13.3. The van der Waals surface area contributed by atoms with E-state index < -0.39 is 4.87 Å². The lowest BCUT2D eigenvalue weighted by Gasteiger charge is -2.35. The molecule has 2 aromatic carbocycles. The van der Waals surface area contributed by atoms with Crippen molar-refractivity contribution in [2.45, 2.75) is 11.8 Å². The number of aryl methyl sites for hydroxylation is 1. The second-order valence-electron chi connectivity index (χ2n) is 7.72. The van der Waals surface area contributed by atoms with E-state index in [9.17, 15) is 9.59 Å². The Hall–Kier alpha value is -2.06. The summed E-state index contributed by atoms with van der Waals surface area (Å²) < 4.78 is 5.45. The highest BCUT2D eigenvalue weighted by Crippen LogP contribution is 2.55. The first-order valence-corrected chi connectivity index (χ1v) is 11.3. The number of anilines is 2. The number of carbonyl (C=O) groups is 2. The van der Waals surface area contributed by atoms with Crippen LogP contribution in [0.5, 0.6) is 0 Å². The zero-order valence-corrected chi connectivity index (χ0v) is 18.2. The second-order valence-corrected chi connectivity index (χ2v) is 9.29. The first kappa shape index (κ1) is 19.9. The van der Waals surface area contributed by atoms with E-state index in [-0.39, 0.29) is 17.6 Å². The van der Waals surface area contributed by atoms with Gasteiger partial charge in [-0.25, -0.2) is 0 Å². The van der Waals surface area contributed by atoms with E-state index in [4.69, 9.17) is 16.3 Å². The topological polar surface area (TPSA) is 53.1 Å². The smallest absolute Gasteiger partial charge is 0.269 e. The molecule has 2 fully saturated rings. The van der Waals surface area contributed by atoms with Gasteiger partial charge in [-0.3, -0.25) is 24.3 Å². The largest absolute Gasteiger partial charge is 0.379 e. The van der Waals surface area contributed by atoms with E-state index in [1.54, 1.807) is 11.0 Å². The molecular weight excluding hydrogens is 422 g/mol. The number of benzene rings is 2. The minimum atomic E-state index is -1.10. The molecule has 6 nitrogen and oxygen atoms in total. The summed E-state index contributed by atoms with van der Waals surface area (Å²) in [5, 5.41) is 0.580. The van der Waals surface area contributed by atoms with Crippen molar-refractivity contribution in [2.75, 3.05) is 48.5 Å². The molecule has 1 spiro atoms. The number of ether oxygens (including phenoxy) is 1. The molecule has 3 heterocycles. The summed E-state index contributed by atoms with van der Waals surface area (Å²) in [6.45, 7) is 5.29. The van der Waals surface area contributed by atoms with E-state index in [2.05, 4.69) is 4.90 Å². The summed E-state index contributed by atoms with van der Waals surface area (Å²) in [5.41, 5.74) is 3.30. The minimum Gasteiger partial charge on any atom is -0.379 e. The first-order chi connectivity index (χ1) is 14.5. The lowest BCUT2D eigenvalue weighted by Crippen LogP contribution is -2.52. The van der Waals surface area contributed by atoms with Crippen LogP contribution in [-0.2, 0) is 19.2 Å². The molecule has 30 heavy (non-hydrogen) atoms. The normalized spacial score (nSPS) is 24.2. The predicted molar refractivity (Wildman–Crippen MR) is 119 cm³/mol. The third-order valence-electron chi connectivity index (χ3n) is 5.92. The Bertz CT molecular complexity index is 1030. The van der Waals surface area contributed by atoms with Crippen molar-refractivity contribution in [2.24, 2.45) is 0 Å². The van der Waals surface area contributed by atoms with Crippen LogP contribution in [0.3, 0.4) is 0 Å². The van der Waals surface area contributed by atoms with Gasteiger partial charge in [0.2, 0.25) is 10.8 Å². The lowest BCUT2D eigenvalue weighted by atomic mass is 10.0. The van der Waals surface area contributed by atoms with Crippen LogP contribution in [0.15, 0.2) is 42.5 Å². The Labute approximate surface area is 184 Å². The molecule has 0 bridgehead atoms. The van der Waals surface area contributed by atoms with Gasteiger partial charge in [-0.1, -0.05) is 35.9 Å². The lowest BCUT2D eigenvalue weighted by molar-refractivity contribution is -0.124. The SMILES string of the molecule is Cc1ccc(N2C(=O)CSC23C(=O)N(CN2CCOCC2)c2ccccc23)cc1Cl. The molecule has 156 valence electrons. The first-order valence-electron chi connectivity index (χ1n) is 9.97. The number of hydrogen-bond acceptors (Lipinski definition) is 5. The Morgan fingerprint density at radius 2 is 1.90 bits per heavy atom. The fourth-order valence-electron chi connectivity index (χ4n) is 4.36. The van der Waals surface area contributed by atoms with Crippen LogP contribution >= 0.6 is 23.4 Å². The van der Waals surface area contributed by atoms with Gasteiger partial charge in [-0.2, -0.15) is 0 Å². The van der Waals surface area contributed by atoms with Gasteiger partial charge in [0.1, 0.15) is 0 Å². The van der Waals surface area contributed by atoms with Crippen molar-refractivity contribution < 1.29 is 14.3 Å². The summed E-state index contributed by atoms with van der Waals surface area (Å²) in [4.78, 5) is 31.6. The highest BCUT2D eigenvalue weighted by Gasteiger charge is 2.61. The number of halogens is 1. The number of thioether (sulfide) groups is 1. The third-order valence-corrected chi connectivity index (χ3v) is 7.72. The number of amides is 2. The van der Waals surface area contributed by atoms with Crippen LogP contribution in [0.25, 0.3) is 0 Å². The Kier molecular flexibility index (Phi) is 5.01. The maximum Gasteiger partial charge on any atom is 0.269 e. The van der Waals surface area contributed by atoms with Crippen molar-refractivity contribution in [3.63, 3.8) is 0 Å². The quantitative estimate of drug-likeness (QED) is 0.729. The second kappa shape index (κ2) is 7.57. The van der Waals surface area contributed by atoms with E-state index in [0.717, 1.165) is 29.9 Å². The molecule has 0 aromatic heterocycles. The molecule has 1 unspecified atom stereocenters. The highest BCUT2D eigenvalue weighted by atomic mass is 35.5. The molecule has 0 aliphatic carbocycles. The molecule has 3 aliphatic heterocycles. The monoisotopic (exact) mass is 443 g/mol. The number of morpholine rings is 1. The van der Waals surface area contributed by atoms with E-state index in [0.29, 0.717) is 30.6 Å². The minimum absolute atomic E-state index is 0.0808. The summed E-state index contributed by atoms with van der Waals surface area (Å²) >= 11 is 7.76. The van der Waals surface area contributed by atoms with Gasteiger partial charge in [0.25, 0.3) is 5.91 Å². The predicted octanol–water partition coefficient (Wildman–Crippen LogP) is 3.22. The van der Waals surface area contributed by atoms with E-state index in [1.807, 2.05) is 48.2 Å². The zero-order valence-electron chi connectivity index (χ0n) is 16.6. The Morgan fingerprint density at radius 3 is 2.67 bits per heavy atom. The third kappa shape index (κ3) is 2.95. The maximum atomic E-state index is 14.0. The van der Waals surface area contributed by atoms with Gasteiger partial charge >= 0.3 is 0 Å². The van der Waals surface area contributed by atoms with Crippen molar-refractivity contribution in [1.29, 1.82) is 0 Å². The molecule has 2 aromatic rings. The standard InChI is InChI=1S/C22H22ClN3O3S/c1-15-6-7-16(12-18(15)23)26-20(27)13-30-22(26)17-4-2-3-5-19(17)25(21(22)28)14-24-8-10-29-11-9-24/h2-7,12H,8-11,13-14H2,1H3. The van der Waals surface area contributed by atoms with Crippen LogP contribution < -0.4 is 9.80 Å². The molecule has 1 atom stereocenters. The molecule has 0 radical (unpaired) electrons. The van der Waals surface area contributed by atoms with Crippen LogP contribution in [0.4, 0.5) is 11.4 Å². The molecular formula is C22H22ClN3O3S. The van der Waals surface area contributed by atoms with E-state index in [1.165, 1.54) is 11.8 Å². The van der Waals surface area contributed by atoms with Gasteiger partial charge in [-0.05, 0) is 30.7 Å². The molecule has 3 aliphatic rings. The maximum absolute atomic E-state index is 14.0. The van der Waals surface area contributed by atoms with Crippen molar-refractivity contribution >= 4 is 46.6 Å². The molecule has 2 amide bonds. The molecule has 5 rings (SSSR count). The average molecular weight is 444 g/mol. The van der Waals surface area contributed by atoms with Crippen LogP contribution in [0, 0.1) is 6.92 Å². The van der Waals surface area contributed by atoms with Gasteiger partial charge in [0.15, 0.2) is 0 Å². The van der Waals surface area contributed by atoms with Gasteiger partial charge < -0.3 is 4.74 Å². The molecule has 0 N–H and O–H groups in total. The molecule has 0 saturated carbocycles. The van der Waals surface area contributed by atoms with Crippen molar-refractivity contribution in [3.05, 3.63) is 58.6 Å². The van der Waals surface area contributed by atoms with Gasteiger partial charge in [0, 0.05) is 29.4 Å². The van der Waals surface area contributed by atoms with Crippen LogP contribution in [0.2, 0.25) is 5.02 Å². The van der Waals surface area contributed by atoms with E-state index >= 15 is 0 Å². The number of fused-ring (bicyclic) bond motifs is 2. The number of hydrogen-bond donors (Lipinski definition) is 0. The number of para-hydroxylation sites is 1. The van der Waals surface area contributed by atoms with Crippen molar-refractivity contribution in [1.82, 2.24) is 4.90 Å². The Morgan fingerprint density at radius 1 is 1.13 bits per heavy atom. The van der Waals surface area contributed by atoms with Gasteiger partial charge in [0.05, 0.1) is 31.3 Å². The van der Waals surface area contributed by atoms with Crippen LogP contribution in [0.1, 0.15) is 11.1 Å².